The summed E-state index contributed by atoms with van der Waals surface area (Å²) in [7, 11) is 0. The van der Waals surface area contributed by atoms with E-state index in [4.69, 9.17) is 11.6 Å². The van der Waals surface area contributed by atoms with Crippen LogP contribution in [-0.4, -0.2) is 18.4 Å². The summed E-state index contributed by atoms with van der Waals surface area (Å²) in [6, 6.07) is 11.4. The van der Waals surface area contributed by atoms with Gasteiger partial charge in [0.15, 0.2) is 0 Å². The Hall–Kier alpha value is -2.40. The van der Waals surface area contributed by atoms with E-state index in [1.807, 2.05) is 13.0 Å². The van der Waals surface area contributed by atoms with Gasteiger partial charge >= 0.3 is 0 Å². The number of anilines is 1. The Labute approximate surface area is 150 Å². The van der Waals surface area contributed by atoms with Crippen molar-refractivity contribution in [1.82, 2.24) is 5.32 Å². The molecule has 1 unspecified atom stereocenters. The summed E-state index contributed by atoms with van der Waals surface area (Å²) < 4.78 is 12.9. The normalized spacial score (nSPS) is 17.0. The summed E-state index contributed by atoms with van der Waals surface area (Å²) in [6.45, 7) is 2.64. The van der Waals surface area contributed by atoms with Crippen molar-refractivity contribution in [3.05, 3.63) is 64.4 Å². The van der Waals surface area contributed by atoms with E-state index in [-0.39, 0.29) is 24.2 Å². The van der Waals surface area contributed by atoms with Crippen LogP contribution >= 0.6 is 11.6 Å². The maximum absolute atomic E-state index is 12.9. The highest BCUT2D eigenvalue weighted by atomic mass is 35.5. The molecule has 0 aromatic heterocycles. The molecule has 130 valence electrons. The van der Waals surface area contributed by atoms with Gasteiger partial charge < -0.3 is 10.2 Å². The summed E-state index contributed by atoms with van der Waals surface area (Å²) >= 11 is 6.23. The summed E-state index contributed by atoms with van der Waals surface area (Å²) in [5.41, 5.74) is 2.42. The van der Waals surface area contributed by atoms with Crippen molar-refractivity contribution in [1.29, 1.82) is 0 Å². The molecule has 1 saturated heterocycles. The zero-order valence-electron chi connectivity index (χ0n) is 13.8. The predicted molar refractivity (Wildman–Crippen MR) is 94.9 cm³/mol. The first-order valence-corrected chi connectivity index (χ1v) is 8.43. The number of aryl methyl sites for hydroxylation is 1. The molecule has 25 heavy (non-hydrogen) atoms. The van der Waals surface area contributed by atoms with Crippen LogP contribution in [0.25, 0.3) is 0 Å². The van der Waals surface area contributed by atoms with E-state index in [1.165, 1.54) is 12.1 Å². The SMILES string of the molecule is Cc1ccc(N2CCC(C(=O)NCc3ccc(F)cc3)C2=O)c(Cl)c1. The van der Waals surface area contributed by atoms with Crippen molar-refractivity contribution >= 4 is 29.1 Å². The standard InChI is InChI=1S/C19H18ClFN2O2/c1-12-2-7-17(16(20)10-12)23-9-8-15(19(23)25)18(24)22-11-13-3-5-14(21)6-4-13/h2-7,10,15H,8-9,11H2,1H3,(H,22,24). The summed E-state index contributed by atoms with van der Waals surface area (Å²) in [5.74, 6) is -1.62. The molecule has 0 bridgehead atoms. The number of hydrogen-bond acceptors (Lipinski definition) is 2. The van der Waals surface area contributed by atoms with Gasteiger partial charge in [0.25, 0.3) is 0 Å². The molecule has 0 spiro atoms. The van der Waals surface area contributed by atoms with E-state index in [1.54, 1.807) is 29.2 Å². The zero-order valence-corrected chi connectivity index (χ0v) is 14.5. The number of rotatable bonds is 4. The molecule has 1 heterocycles. The quantitative estimate of drug-likeness (QED) is 0.849. The van der Waals surface area contributed by atoms with Gasteiger partial charge in [0.1, 0.15) is 11.7 Å². The second-order valence-corrected chi connectivity index (χ2v) is 6.54. The van der Waals surface area contributed by atoms with Gasteiger partial charge in [-0.2, -0.15) is 0 Å². The third-order valence-corrected chi connectivity index (χ3v) is 4.60. The third-order valence-electron chi connectivity index (χ3n) is 4.30. The Morgan fingerprint density at radius 2 is 2.00 bits per heavy atom. The van der Waals surface area contributed by atoms with Gasteiger partial charge in [-0.05, 0) is 48.7 Å². The molecule has 1 aliphatic rings. The number of carbonyl (C=O) groups is 2. The molecule has 1 fully saturated rings. The van der Waals surface area contributed by atoms with Crippen LogP contribution < -0.4 is 10.2 Å². The average molecular weight is 361 g/mol. The Balaban J connectivity index is 1.64. The number of benzene rings is 2. The van der Waals surface area contributed by atoms with Crippen LogP contribution in [0.1, 0.15) is 17.5 Å². The number of halogens is 2. The smallest absolute Gasteiger partial charge is 0.239 e. The fourth-order valence-corrected chi connectivity index (χ4v) is 3.24. The first kappa shape index (κ1) is 17.4. The maximum Gasteiger partial charge on any atom is 0.239 e. The first-order valence-electron chi connectivity index (χ1n) is 8.05. The Bertz CT molecular complexity index is 808. The zero-order chi connectivity index (χ0) is 18.0. The van der Waals surface area contributed by atoms with Crippen LogP contribution in [0.4, 0.5) is 10.1 Å². The van der Waals surface area contributed by atoms with Crippen molar-refractivity contribution < 1.29 is 14.0 Å². The number of nitrogens with zero attached hydrogens (tertiary/aromatic N) is 1. The van der Waals surface area contributed by atoms with Gasteiger partial charge in [0, 0.05) is 13.1 Å². The van der Waals surface area contributed by atoms with Crippen molar-refractivity contribution in [2.45, 2.75) is 19.9 Å². The van der Waals surface area contributed by atoms with Crippen LogP contribution in [0.15, 0.2) is 42.5 Å². The van der Waals surface area contributed by atoms with Gasteiger partial charge in [-0.25, -0.2) is 4.39 Å². The first-order chi connectivity index (χ1) is 12.0. The molecule has 6 heteroatoms. The van der Waals surface area contributed by atoms with Gasteiger partial charge in [0.05, 0.1) is 10.7 Å². The molecule has 3 rings (SSSR count). The topological polar surface area (TPSA) is 49.4 Å². The highest BCUT2D eigenvalue weighted by Crippen LogP contribution is 2.32. The minimum atomic E-state index is -0.724. The molecular weight excluding hydrogens is 343 g/mol. The van der Waals surface area contributed by atoms with E-state index in [9.17, 15) is 14.0 Å². The monoisotopic (exact) mass is 360 g/mol. The molecule has 1 aliphatic heterocycles. The number of carbonyl (C=O) groups excluding carboxylic acids is 2. The Kier molecular flexibility index (Phi) is 5.04. The van der Waals surface area contributed by atoms with E-state index in [2.05, 4.69) is 5.32 Å². The molecule has 0 saturated carbocycles. The fourth-order valence-electron chi connectivity index (χ4n) is 2.91. The summed E-state index contributed by atoms with van der Waals surface area (Å²) in [4.78, 5) is 26.5. The predicted octanol–water partition coefficient (Wildman–Crippen LogP) is 3.46. The van der Waals surface area contributed by atoms with E-state index >= 15 is 0 Å². The highest BCUT2D eigenvalue weighted by Gasteiger charge is 2.38. The molecule has 2 aromatic rings. The van der Waals surface area contributed by atoms with Crippen molar-refractivity contribution in [3.8, 4) is 0 Å². The van der Waals surface area contributed by atoms with Gasteiger partial charge in [-0.15, -0.1) is 0 Å². The van der Waals surface area contributed by atoms with E-state index in [0.29, 0.717) is 23.7 Å². The minimum absolute atomic E-state index is 0.248. The van der Waals surface area contributed by atoms with E-state index < -0.39 is 5.92 Å². The lowest BCUT2D eigenvalue weighted by Crippen LogP contribution is -2.36. The Morgan fingerprint density at radius 3 is 2.68 bits per heavy atom. The van der Waals surface area contributed by atoms with Crippen LogP contribution in [0, 0.1) is 18.7 Å². The molecule has 2 amide bonds. The maximum atomic E-state index is 12.9. The van der Waals surface area contributed by atoms with Crippen LogP contribution in [0.2, 0.25) is 5.02 Å². The largest absolute Gasteiger partial charge is 0.351 e. The Morgan fingerprint density at radius 1 is 1.28 bits per heavy atom. The average Bonchev–Trinajstić information content (AvgIpc) is 2.96. The second-order valence-electron chi connectivity index (χ2n) is 6.13. The molecule has 4 nitrogen and oxygen atoms in total. The second kappa shape index (κ2) is 7.23. The van der Waals surface area contributed by atoms with Gasteiger partial charge in [0.2, 0.25) is 11.8 Å². The van der Waals surface area contributed by atoms with Gasteiger partial charge in [-0.1, -0.05) is 29.8 Å². The number of amides is 2. The highest BCUT2D eigenvalue weighted by molar-refractivity contribution is 6.34. The number of nitrogens with one attached hydrogen (secondary N) is 1. The molecule has 0 aliphatic carbocycles. The lowest BCUT2D eigenvalue weighted by molar-refractivity contribution is -0.132. The van der Waals surface area contributed by atoms with Gasteiger partial charge in [-0.3, -0.25) is 9.59 Å². The van der Waals surface area contributed by atoms with Crippen molar-refractivity contribution in [2.75, 3.05) is 11.4 Å². The summed E-state index contributed by atoms with van der Waals surface area (Å²) in [5, 5.41) is 3.25. The third kappa shape index (κ3) is 3.82. The summed E-state index contributed by atoms with van der Waals surface area (Å²) in [6.07, 6.45) is 0.443. The van der Waals surface area contributed by atoms with Crippen molar-refractivity contribution in [2.24, 2.45) is 5.92 Å². The lowest BCUT2D eigenvalue weighted by Gasteiger charge is -2.18. The van der Waals surface area contributed by atoms with Crippen LogP contribution in [0.5, 0.6) is 0 Å². The molecule has 1 atom stereocenters. The van der Waals surface area contributed by atoms with Crippen LogP contribution in [0.3, 0.4) is 0 Å². The molecule has 2 aromatic carbocycles. The molecular formula is C19H18ClFN2O2. The van der Waals surface area contributed by atoms with Crippen molar-refractivity contribution in [3.63, 3.8) is 0 Å². The lowest BCUT2D eigenvalue weighted by atomic mass is 10.1. The number of hydrogen-bond donors (Lipinski definition) is 1. The molecule has 0 radical (unpaired) electrons. The van der Waals surface area contributed by atoms with Crippen LogP contribution in [-0.2, 0) is 16.1 Å². The van der Waals surface area contributed by atoms with E-state index in [0.717, 1.165) is 11.1 Å². The minimum Gasteiger partial charge on any atom is -0.351 e. The molecule has 1 N–H and O–H groups in total. The fraction of sp³-hybridized carbons (Fsp3) is 0.263.